The van der Waals surface area contributed by atoms with E-state index in [0.29, 0.717) is 17.1 Å². The van der Waals surface area contributed by atoms with Crippen molar-refractivity contribution in [1.82, 2.24) is 0 Å². The van der Waals surface area contributed by atoms with Gasteiger partial charge in [0.05, 0.1) is 12.7 Å². The Balaban J connectivity index is 1.64. The Morgan fingerprint density at radius 2 is 1.67 bits per heavy atom. The minimum absolute atomic E-state index is 0.0370. The molecule has 0 saturated heterocycles. The first-order valence-corrected chi connectivity index (χ1v) is 7.66. The van der Waals surface area contributed by atoms with Gasteiger partial charge in [-0.25, -0.2) is 0 Å². The molecular weight excluding hydrogens is 308 g/mol. The maximum atomic E-state index is 12.2. The van der Waals surface area contributed by atoms with E-state index in [0.717, 1.165) is 12.8 Å². The molecule has 24 heavy (non-hydrogen) atoms. The van der Waals surface area contributed by atoms with Gasteiger partial charge in [-0.3, -0.25) is 9.59 Å². The third-order valence-electron chi connectivity index (χ3n) is 3.81. The van der Waals surface area contributed by atoms with Crippen LogP contribution in [0.5, 0.6) is 11.5 Å². The number of methoxy groups -OCH3 is 1. The monoisotopic (exact) mass is 326 g/mol. The molecule has 6 heteroatoms. The van der Waals surface area contributed by atoms with Crippen molar-refractivity contribution in [3.63, 3.8) is 0 Å². The zero-order chi connectivity index (χ0) is 17.1. The van der Waals surface area contributed by atoms with Crippen molar-refractivity contribution in [2.24, 2.45) is 5.92 Å². The van der Waals surface area contributed by atoms with Crippen LogP contribution >= 0.6 is 0 Å². The number of benzene rings is 2. The highest BCUT2D eigenvalue weighted by Crippen LogP contribution is 2.30. The average Bonchev–Trinajstić information content (AvgIpc) is 3.41. The lowest BCUT2D eigenvalue weighted by atomic mass is 10.1. The van der Waals surface area contributed by atoms with Crippen molar-refractivity contribution < 1.29 is 19.4 Å². The molecule has 2 aromatic carbocycles. The van der Waals surface area contributed by atoms with Crippen molar-refractivity contribution in [3.8, 4) is 11.5 Å². The number of rotatable bonds is 5. The molecule has 0 radical (unpaired) electrons. The molecular formula is C18H18N2O4. The molecule has 3 N–H and O–H groups in total. The molecule has 1 fully saturated rings. The summed E-state index contributed by atoms with van der Waals surface area (Å²) in [5.41, 5.74) is 1.42. The van der Waals surface area contributed by atoms with E-state index in [1.807, 2.05) is 0 Å². The number of phenolic OH excluding ortho intramolecular Hbond substituents is 1. The number of nitrogens with one attached hydrogen (secondary N) is 2. The maximum Gasteiger partial charge on any atom is 0.259 e. The lowest BCUT2D eigenvalue weighted by Crippen LogP contribution is -2.14. The van der Waals surface area contributed by atoms with E-state index in [1.54, 1.807) is 30.3 Å². The van der Waals surface area contributed by atoms with Crippen LogP contribution in [0.25, 0.3) is 0 Å². The van der Waals surface area contributed by atoms with E-state index in [-0.39, 0.29) is 23.1 Å². The van der Waals surface area contributed by atoms with Crippen LogP contribution in [0.1, 0.15) is 23.2 Å². The Kier molecular flexibility index (Phi) is 4.37. The van der Waals surface area contributed by atoms with Gasteiger partial charge in [0.1, 0.15) is 11.5 Å². The number of carbonyl (C=O) groups is 2. The zero-order valence-corrected chi connectivity index (χ0v) is 13.2. The summed E-state index contributed by atoms with van der Waals surface area (Å²) in [6.45, 7) is 0. The first-order valence-electron chi connectivity index (χ1n) is 7.66. The summed E-state index contributed by atoms with van der Waals surface area (Å²) >= 11 is 0. The van der Waals surface area contributed by atoms with Crippen molar-refractivity contribution >= 4 is 23.2 Å². The Labute approximate surface area is 139 Å². The first kappa shape index (κ1) is 15.9. The smallest absolute Gasteiger partial charge is 0.259 e. The SMILES string of the molecule is COc1ccc(C(=O)Nc2ccc(NC(=O)C3CC3)cc2)c(O)c1. The summed E-state index contributed by atoms with van der Waals surface area (Å²) in [5, 5.41) is 15.4. The van der Waals surface area contributed by atoms with Crippen LogP contribution in [0.3, 0.4) is 0 Å². The largest absolute Gasteiger partial charge is 0.507 e. The van der Waals surface area contributed by atoms with Gasteiger partial charge in [-0.05, 0) is 49.2 Å². The van der Waals surface area contributed by atoms with Gasteiger partial charge in [0, 0.05) is 23.4 Å². The molecule has 0 bridgehead atoms. The topological polar surface area (TPSA) is 87.7 Å². The molecule has 124 valence electrons. The molecule has 0 aromatic heterocycles. The number of phenols is 1. The molecule has 0 spiro atoms. The Bertz CT molecular complexity index is 767. The third-order valence-corrected chi connectivity index (χ3v) is 3.81. The fraction of sp³-hybridized carbons (Fsp3) is 0.222. The third kappa shape index (κ3) is 3.65. The van der Waals surface area contributed by atoms with Gasteiger partial charge in [-0.2, -0.15) is 0 Å². The average molecular weight is 326 g/mol. The van der Waals surface area contributed by atoms with E-state index >= 15 is 0 Å². The molecule has 2 aromatic rings. The van der Waals surface area contributed by atoms with Crippen LogP contribution < -0.4 is 15.4 Å². The number of anilines is 2. The minimum atomic E-state index is -0.426. The number of ether oxygens (including phenoxy) is 1. The maximum absolute atomic E-state index is 12.2. The van der Waals surface area contributed by atoms with Gasteiger partial charge in [-0.1, -0.05) is 0 Å². The number of hydrogen-bond donors (Lipinski definition) is 3. The second-order valence-electron chi connectivity index (χ2n) is 5.68. The van der Waals surface area contributed by atoms with E-state index in [1.165, 1.54) is 19.2 Å². The number of aromatic hydroxyl groups is 1. The fourth-order valence-corrected chi connectivity index (χ4v) is 2.26. The number of amides is 2. The Morgan fingerprint density at radius 3 is 2.21 bits per heavy atom. The van der Waals surface area contributed by atoms with Crippen LogP contribution in [-0.2, 0) is 4.79 Å². The minimum Gasteiger partial charge on any atom is -0.507 e. The molecule has 0 atom stereocenters. The van der Waals surface area contributed by atoms with Crippen LogP contribution in [-0.4, -0.2) is 24.0 Å². The van der Waals surface area contributed by atoms with E-state index in [2.05, 4.69) is 10.6 Å². The Morgan fingerprint density at radius 1 is 1.04 bits per heavy atom. The van der Waals surface area contributed by atoms with Crippen molar-refractivity contribution in [3.05, 3.63) is 48.0 Å². The quantitative estimate of drug-likeness (QED) is 0.788. The van der Waals surface area contributed by atoms with E-state index in [4.69, 9.17) is 4.74 Å². The molecule has 6 nitrogen and oxygen atoms in total. The molecule has 1 aliphatic carbocycles. The summed E-state index contributed by atoms with van der Waals surface area (Å²) < 4.78 is 4.99. The standard InChI is InChI=1S/C18H18N2O4/c1-24-14-8-9-15(16(21)10-14)18(23)20-13-6-4-12(5-7-13)19-17(22)11-2-3-11/h4-11,21H,2-3H2,1H3,(H,19,22)(H,20,23). The summed E-state index contributed by atoms with van der Waals surface area (Å²) in [6, 6.07) is 11.3. The second kappa shape index (κ2) is 6.62. The summed E-state index contributed by atoms with van der Waals surface area (Å²) in [5.74, 6) is 0.0715. The van der Waals surface area contributed by atoms with Gasteiger partial charge in [-0.15, -0.1) is 0 Å². The lowest BCUT2D eigenvalue weighted by molar-refractivity contribution is -0.117. The second-order valence-corrected chi connectivity index (χ2v) is 5.68. The fourth-order valence-electron chi connectivity index (χ4n) is 2.26. The van der Waals surface area contributed by atoms with Gasteiger partial charge >= 0.3 is 0 Å². The molecule has 2 amide bonds. The highest BCUT2D eigenvalue weighted by atomic mass is 16.5. The highest BCUT2D eigenvalue weighted by Gasteiger charge is 2.29. The molecule has 1 saturated carbocycles. The molecule has 0 aliphatic heterocycles. The number of hydrogen-bond acceptors (Lipinski definition) is 4. The van der Waals surface area contributed by atoms with Crippen LogP contribution in [0.4, 0.5) is 11.4 Å². The summed E-state index contributed by atoms with van der Waals surface area (Å²) in [4.78, 5) is 23.9. The Hall–Kier alpha value is -3.02. The van der Waals surface area contributed by atoms with Crippen LogP contribution in [0.15, 0.2) is 42.5 Å². The number of carbonyl (C=O) groups excluding carboxylic acids is 2. The lowest BCUT2D eigenvalue weighted by Gasteiger charge is -2.09. The molecule has 1 aliphatic rings. The van der Waals surface area contributed by atoms with Crippen LogP contribution in [0, 0.1) is 5.92 Å². The van der Waals surface area contributed by atoms with Crippen molar-refractivity contribution in [2.75, 3.05) is 17.7 Å². The zero-order valence-electron chi connectivity index (χ0n) is 13.2. The van der Waals surface area contributed by atoms with Crippen molar-refractivity contribution in [1.29, 1.82) is 0 Å². The van der Waals surface area contributed by atoms with Gasteiger partial charge in [0.25, 0.3) is 5.91 Å². The van der Waals surface area contributed by atoms with Gasteiger partial charge < -0.3 is 20.5 Å². The van der Waals surface area contributed by atoms with E-state index < -0.39 is 5.91 Å². The van der Waals surface area contributed by atoms with E-state index in [9.17, 15) is 14.7 Å². The van der Waals surface area contributed by atoms with Gasteiger partial charge in [0.15, 0.2) is 0 Å². The highest BCUT2D eigenvalue weighted by molar-refractivity contribution is 6.06. The normalized spacial score (nSPS) is 13.2. The van der Waals surface area contributed by atoms with Gasteiger partial charge in [0.2, 0.25) is 5.91 Å². The molecule has 0 heterocycles. The summed E-state index contributed by atoms with van der Waals surface area (Å²) in [7, 11) is 1.48. The predicted octanol–water partition coefficient (Wildman–Crippen LogP) is 3.00. The van der Waals surface area contributed by atoms with Crippen molar-refractivity contribution in [2.45, 2.75) is 12.8 Å². The molecule has 0 unspecified atom stereocenters. The predicted molar refractivity (Wildman–Crippen MR) is 90.4 cm³/mol. The summed E-state index contributed by atoms with van der Waals surface area (Å²) in [6.07, 6.45) is 1.90. The molecule has 3 rings (SSSR count). The first-order chi connectivity index (χ1) is 11.6. The van der Waals surface area contributed by atoms with Crippen LogP contribution in [0.2, 0.25) is 0 Å².